The Morgan fingerprint density at radius 2 is 1.76 bits per heavy atom. The molecule has 1 atom stereocenters. The van der Waals surface area contributed by atoms with Gasteiger partial charge in [0.25, 0.3) is 5.91 Å². The van der Waals surface area contributed by atoms with Gasteiger partial charge < -0.3 is 10.1 Å². The van der Waals surface area contributed by atoms with Crippen molar-refractivity contribution in [2.75, 3.05) is 17.2 Å². The Morgan fingerprint density at radius 1 is 1.06 bits per heavy atom. The molecule has 6 nitrogen and oxygen atoms in total. The molecule has 34 heavy (non-hydrogen) atoms. The normalized spacial score (nSPS) is 15.3. The average molecular weight is 499 g/mol. The van der Waals surface area contributed by atoms with Gasteiger partial charge in [-0.05, 0) is 66.3 Å². The van der Waals surface area contributed by atoms with E-state index in [-0.39, 0.29) is 25.1 Å². The van der Waals surface area contributed by atoms with Gasteiger partial charge in [-0.3, -0.25) is 9.10 Å². The van der Waals surface area contributed by atoms with Gasteiger partial charge in [0.2, 0.25) is 10.0 Å². The molecule has 8 heteroatoms. The van der Waals surface area contributed by atoms with Gasteiger partial charge in [-0.15, -0.1) is 0 Å². The van der Waals surface area contributed by atoms with E-state index in [1.807, 2.05) is 18.2 Å². The standard InChI is InChI=1S/C26H27ClN2O4S/c1-34(31,32)29(17-20-8-3-5-11-24(20)27)21-13-15-22(16-14-21)33-18-26(30)28-25-12-6-9-19-7-2-4-10-23(19)25/h2-5,7-8,10-11,13-16,25H,6,9,12,17-18H2,1H3,(H,28,30)/t25-/m1/s1. The maximum atomic E-state index is 12.5. The highest BCUT2D eigenvalue weighted by Gasteiger charge is 2.22. The number of sulfonamides is 1. The SMILES string of the molecule is CS(=O)(=O)N(Cc1ccccc1Cl)c1ccc(OCC(=O)N[C@@H]2CCCc3ccccc32)cc1. The second-order valence-corrected chi connectivity index (χ2v) is 10.7. The number of rotatable bonds is 8. The molecule has 3 aromatic carbocycles. The predicted molar refractivity (Wildman–Crippen MR) is 135 cm³/mol. The molecule has 0 saturated carbocycles. The summed E-state index contributed by atoms with van der Waals surface area (Å²) < 4.78 is 31.8. The van der Waals surface area contributed by atoms with Crippen molar-refractivity contribution >= 4 is 33.2 Å². The molecule has 0 heterocycles. The molecule has 0 unspecified atom stereocenters. The van der Waals surface area contributed by atoms with Crippen LogP contribution in [0.5, 0.6) is 5.75 Å². The highest BCUT2D eigenvalue weighted by atomic mass is 35.5. The minimum atomic E-state index is -3.54. The van der Waals surface area contributed by atoms with Crippen LogP contribution in [0.25, 0.3) is 0 Å². The minimum Gasteiger partial charge on any atom is -0.484 e. The van der Waals surface area contributed by atoms with Crippen LogP contribution in [-0.2, 0) is 27.8 Å². The molecule has 0 radical (unpaired) electrons. The van der Waals surface area contributed by atoms with Crippen molar-refractivity contribution in [1.82, 2.24) is 5.32 Å². The first-order valence-corrected chi connectivity index (χ1v) is 13.3. The number of benzene rings is 3. The molecule has 3 aromatic rings. The zero-order valence-corrected chi connectivity index (χ0v) is 20.5. The number of anilines is 1. The first-order valence-electron chi connectivity index (χ1n) is 11.1. The predicted octanol–water partition coefficient (Wildman–Crippen LogP) is 4.88. The summed E-state index contributed by atoms with van der Waals surface area (Å²) in [6.45, 7) is -0.00257. The molecule has 0 aromatic heterocycles. The summed E-state index contributed by atoms with van der Waals surface area (Å²) in [5, 5.41) is 3.57. The summed E-state index contributed by atoms with van der Waals surface area (Å²) >= 11 is 6.22. The number of ether oxygens (including phenoxy) is 1. The highest BCUT2D eigenvalue weighted by molar-refractivity contribution is 7.92. The van der Waals surface area contributed by atoms with Crippen molar-refractivity contribution in [3.63, 3.8) is 0 Å². The quantitative estimate of drug-likeness (QED) is 0.480. The topological polar surface area (TPSA) is 75.7 Å². The van der Waals surface area contributed by atoms with Crippen molar-refractivity contribution in [3.05, 3.63) is 94.5 Å². The molecule has 1 N–H and O–H groups in total. The van der Waals surface area contributed by atoms with E-state index in [0.717, 1.165) is 25.5 Å². The van der Waals surface area contributed by atoms with Gasteiger partial charge >= 0.3 is 0 Å². The van der Waals surface area contributed by atoms with E-state index in [1.165, 1.54) is 15.4 Å². The van der Waals surface area contributed by atoms with E-state index in [9.17, 15) is 13.2 Å². The van der Waals surface area contributed by atoms with Crippen LogP contribution in [0.1, 0.15) is 35.6 Å². The molecule has 1 aliphatic rings. The molecule has 0 bridgehead atoms. The third-order valence-electron chi connectivity index (χ3n) is 5.87. The van der Waals surface area contributed by atoms with E-state index in [2.05, 4.69) is 17.4 Å². The molecule has 1 amide bonds. The molecular formula is C26H27ClN2O4S. The second-order valence-electron chi connectivity index (χ2n) is 8.35. The van der Waals surface area contributed by atoms with Crippen molar-refractivity contribution in [1.29, 1.82) is 0 Å². The number of nitrogens with one attached hydrogen (secondary N) is 1. The van der Waals surface area contributed by atoms with Crippen molar-refractivity contribution in [2.24, 2.45) is 0 Å². The van der Waals surface area contributed by atoms with E-state index in [4.69, 9.17) is 16.3 Å². The molecule has 1 aliphatic carbocycles. The monoisotopic (exact) mass is 498 g/mol. The number of halogens is 1. The van der Waals surface area contributed by atoms with E-state index < -0.39 is 10.0 Å². The lowest BCUT2D eigenvalue weighted by atomic mass is 9.88. The summed E-state index contributed by atoms with van der Waals surface area (Å²) in [4.78, 5) is 12.5. The second kappa shape index (κ2) is 10.5. The lowest BCUT2D eigenvalue weighted by molar-refractivity contribution is -0.123. The average Bonchev–Trinajstić information content (AvgIpc) is 2.82. The number of amides is 1. The third-order valence-corrected chi connectivity index (χ3v) is 7.38. The summed E-state index contributed by atoms with van der Waals surface area (Å²) in [5.41, 5.74) is 3.64. The summed E-state index contributed by atoms with van der Waals surface area (Å²) in [7, 11) is -3.54. The molecular weight excluding hydrogens is 472 g/mol. The molecule has 0 spiro atoms. The summed E-state index contributed by atoms with van der Waals surface area (Å²) in [5.74, 6) is 0.288. The Morgan fingerprint density at radius 3 is 2.50 bits per heavy atom. The van der Waals surface area contributed by atoms with Crippen LogP contribution in [0.15, 0.2) is 72.8 Å². The molecule has 178 valence electrons. The first kappa shape index (κ1) is 24.1. The van der Waals surface area contributed by atoms with E-state index >= 15 is 0 Å². The first-order chi connectivity index (χ1) is 16.3. The number of aryl methyl sites for hydroxylation is 1. The van der Waals surface area contributed by atoms with Gasteiger partial charge in [0.15, 0.2) is 6.61 Å². The molecule has 0 saturated heterocycles. The van der Waals surface area contributed by atoms with Crippen molar-refractivity contribution in [2.45, 2.75) is 31.8 Å². The lowest BCUT2D eigenvalue weighted by Crippen LogP contribution is -2.34. The number of carbonyl (C=O) groups is 1. The Bertz CT molecular complexity index is 1260. The zero-order valence-electron chi connectivity index (χ0n) is 18.9. The highest BCUT2D eigenvalue weighted by Crippen LogP contribution is 2.29. The fourth-order valence-electron chi connectivity index (χ4n) is 4.18. The lowest BCUT2D eigenvalue weighted by Gasteiger charge is -2.26. The van der Waals surface area contributed by atoms with Crippen LogP contribution >= 0.6 is 11.6 Å². The Balaban J connectivity index is 1.38. The van der Waals surface area contributed by atoms with Gasteiger partial charge in [-0.25, -0.2) is 8.42 Å². The van der Waals surface area contributed by atoms with Crippen LogP contribution in [-0.4, -0.2) is 27.2 Å². The Labute approximate surface area is 205 Å². The van der Waals surface area contributed by atoms with Crippen LogP contribution in [0.2, 0.25) is 5.02 Å². The maximum absolute atomic E-state index is 12.5. The number of fused-ring (bicyclic) bond motifs is 1. The van der Waals surface area contributed by atoms with Crippen LogP contribution in [0.3, 0.4) is 0 Å². The summed E-state index contributed by atoms with van der Waals surface area (Å²) in [6.07, 6.45) is 4.13. The van der Waals surface area contributed by atoms with Gasteiger partial charge in [-0.1, -0.05) is 54.1 Å². The van der Waals surface area contributed by atoms with Gasteiger partial charge in [-0.2, -0.15) is 0 Å². The Hall–Kier alpha value is -3.03. The van der Waals surface area contributed by atoms with Crippen LogP contribution in [0.4, 0.5) is 5.69 Å². The third kappa shape index (κ3) is 5.90. The number of hydrogen-bond donors (Lipinski definition) is 1. The fraction of sp³-hybridized carbons (Fsp3) is 0.269. The fourth-order valence-corrected chi connectivity index (χ4v) is 5.25. The molecule has 0 aliphatic heterocycles. The van der Waals surface area contributed by atoms with E-state index in [0.29, 0.717) is 22.0 Å². The van der Waals surface area contributed by atoms with Gasteiger partial charge in [0.1, 0.15) is 5.75 Å². The summed E-state index contributed by atoms with van der Waals surface area (Å²) in [6, 6.07) is 21.9. The number of carbonyl (C=O) groups excluding carboxylic acids is 1. The number of hydrogen-bond acceptors (Lipinski definition) is 4. The van der Waals surface area contributed by atoms with Gasteiger partial charge in [0, 0.05) is 5.02 Å². The van der Waals surface area contributed by atoms with Crippen LogP contribution < -0.4 is 14.4 Å². The zero-order chi connectivity index (χ0) is 24.1. The van der Waals surface area contributed by atoms with Crippen molar-refractivity contribution in [3.8, 4) is 5.75 Å². The minimum absolute atomic E-state index is 0.00319. The maximum Gasteiger partial charge on any atom is 0.258 e. The van der Waals surface area contributed by atoms with E-state index in [1.54, 1.807) is 42.5 Å². The number of nitrogens with zero attached hydrogens (tertiary/aromatic N) is 1. The van der Waals surface area contributed by atoms with Crippen molar-refractivity contribution < 1.29 is 17.9 Å². The smallest absolute Gasteiger partial charge is 0.258 e. The molecule has 0 fully saturated rings. The largest absolute Gasteiger partial charge is 0.484 e. The Kier molecular flexibility index (Phi) is 7.44. The van der Waals surface area contributed by atoms with Crippen LogP contribution in [0, 0.1) is 0 Å². The van der Waals surface area contributed by atoms with Gasteiger partial charge in [0.05, 0.1) is 24.5 Å². The molecule has 4 rings (SSSR count).